The van der Waals surface area contributed by atoms with E-state index in [0.717, 1.165) is 34.1 Å². The number of aromatic nitrogens is 7. The average Bonchev–Trinajstić information content (AvgIpc) is 3.65. The van der Waals surface area contributed by atoms with Gasteiger partial charge in [0.05, 0.1) is 37.3 Å². The Morgan fingerprint density at radius 1 is 1.10 bits per heavy atom. The monoisotopic (exact) mass is 542 g/mol. The van der Waals surface area contributed by atoms with E-state index in [0.29, 0.717) is 41.7 Å². The third-order valence-corrected chi connectivity index (χ3v) is 6.62. The van der Waals surface area contributed by atoms with E-state index in [1.54, 1.807) is 41.9 Å². The quantitative estimate of drug-likeness (QED) is 0.267. The zero-order chi connectivity index (χ0) is 28.4. The number of amides is 1. The van der Waals surface area contributed by atoms with Gasteiger partial charge in [0.2, 0.25) is 0 Å². The van der Waals surface area contributed by atoms with Gasteiger partial charge in [-0.1, -0.05) is 0 Å². The first-order valence-corrected chi connectivity index (χ1v) is 12.7. The van der Waals surface area contributed by atoms with Crippen LogP contribution in [0, 0.1) is 6.92 Å². The number of hydrogen-bond donors (Lipinski definition) is 1. The molecule has 0 aliphatic rings. The number of hydrogen-bond acceptors (Lipinski definition) is 8. The van der Waals surface area contributed by atoms with E-state index in [2.05, 4.69) is 15.5 Å². The molecule has 40 heavy (non-hydrogen) atoms. The summed E-state index contributed by atoms with van der Waals surface area (Å²) in [6.45, 7) is 2.59. The molecule has 0 saturated carbocycles. The summed E-state index contributed by atoms with van der Waals surface area (Å²) < 4.78 is 16.1. The second-order valence-corrected chi connectivity index (χ2v) is 9.33. The van der Waals surface area contributed by atoms with E-state index in [-0.39, 0.29) is 18.1 Å². The van der Waals surface area contributed by atoms with E-state index in [1.807, 2.05) is 50.0 Å². The van der Waals surface area contributed by atoms with Gasteiger partial charge in [0, 0.05) is 56.8 Å². The Labute approximate surface area is 230 Å². The van der Waals surface area contributed by atoms with Crippen molar-refractivity contribution in [1.29, 1.82) is 0 Å². The molecule has 0 spiro atoms. The molecule has 206 valence electrons. The van der Waals surface area contributed by atoms with Gasteiger partial charge in [-0.3, -0.25) is 14.2 Å². The molecule has 5 aromatic rings. The maximum Gasteiger partial charge on any atom is 0.270 e. The Kier molecular flexibility index (Phi) is 7.32. The number of imidazole rings is 1. The van der Waals surface area contributed by atoms with Crippen LogP contribution in [-0.4, -0.2) is 60.5 Å². The van der Waals surface area contributed by atoms with Gasteiger partial charge in [-0.25, -0.2) is 9.97 Å². The number of benzene rings is 1. The van der Waals surface area contributed by atoms with Crippen LogP contribution in [0.25, 0.3) is 33.8 Å². The Morgan fingerprint density at radius 2 is 1.93 bits per heavy atom. The molecule has 12 nitrogen and oxygen atoms in total. The molecule has 0 bridgehead atoms. The Balaban J connectivity index is 1.50. The first-order chi connectivity index (χ1) is 19.3. The molecule has 5 rings (SSSR count). The molecule has 4 aromatic heterocycles. The minimum absolute atomic E-state index is 0.231. The van der Waals surface area contributed by atoms with Gasteiger partial charge in [0.1, 0.15) is 34.9 Å². The fourth-order valence-corrected chi connectivity index (χ4v) is 4.60. The first kappa shape index (κ1) is 26.6. The minimum atomic E-state index is -0.348. The molecule has 0 radical (unpaired) electrons. The highest BCUT2D eigenvalue weighted by molar-refractivity contribution is 5.99. The number of pyridine rings is 1. The lowest BCUT2D eigenvalue weighted by Gasteiger charge is -2.12. The number of nitrogens with one attached hydrogen (secondary N) is 1. The van der Waals surface area contributed by atoms with Crippen LogP contribution in [0.5, 0.6) is 11.5 Å². The highest BCUT2D eigenvalue weighted by Gasteiger charge is 2.21. The third kappa shape index (κ3) is 5.03. The molecule has 0 aliphatic carbocycles. The van der Waals surface area contributed by atoms with E-state index < -0.39 is 0 Å². The van der Waals surface area contributed by atoms with Gasteiger partial charge in [0.25, 0.3) is 5.91 Å². The summed E-state index contributed by atoms with van der Waals surface area (Å²) in [5.41, 5.74) is 4.61. The Bertz CT molecular complexity index is 1710. The second kappa shape index (κ2) is 11.0. The topological polar surface area (TPSA) is 131 Å². The lowest BCUT2D eigenvalue weighted by atomic mass is 10.1. The Hall–Kier alpha value is -5.00. The smallest absolute Gasteiger partial charge is 0.270 e. The van der Waals surface area contributed by atoms with Crippen molar-refractivity contribution in [2.24, 2.45) is 14.1 Å². The van der Waals surface area contributed by atoms with E-state index in [9.17, 15) is 9.59 Å². The van der Waals surface area contributed by atoms with Crippen molar-refractivity contribution < 1.29 is 19.1 Å². The summed E-state index contributed by atoms with van der Waals surface area (Å²) in [6.07, 6.45) is 4.82. The summed E-state index contributed by atoms with van der Waals surface area (Å²) in [4.78, 5) is 33.9. The van der Waals surface area contributed by atoms with Crippen LogP contribution in [0.1, 0.15) is 28.2 Å². The predicted molar refractivity (Wildman–Crippen MR) is 148 cm³/mol. The zero-order valence-corrected chi connectivity index (χ0v) is 23.0. The summed E-state index contributed by atoms with van der Waals surface area (Å²) in [6, 6.07) is 9.07. The predicted octanol–water partition coefficient (Wildman–Crippen LogP) is 3.08. The van der Waals surface area contributed by atoms with Crippen LogP contribution in [0.2, 0.25) is 0 Å². The van der Waals surface area contributed by atoms with Crippen molar-refractivity contribution in [2.45, 2.75) is 26.4 Å². The first-order valence-electron chi connectivity index (χ1n) is 12.7. The van der Waals surface area contributed by atoms with Crippen LogP contribution >= 0.6 is 0 Å². The number of methoxy groups -OCH3 is 2. The van der Waals surface area contributed by atoms with E-state index in [4.69, 9.17) is 19.4 Å². The molecule has 1 amide bonds. The Morgan fingerprint density at radius 3 is 2.67 bits per heavy atom. The molecular formula is C28H30N8O4. The largest absolute Gasteiger partial charge is 0.497 e. The molecule has 0 saturated heterocycles. The summed E-state index contributed by atoms with van der Waals surface area (Å²) in [5, 5.41) is 12.6. The molecule has 4 heterocycles. The zero-order valence-electron chi connectivity index (χ0n) is 23.0. The summed E-state index contributed by atoms with van der Waals surface area (Å²) >= 11 is 0. The van der Waals surface area contributed by atoms with Gasteiger partial charge in [-0.05, 0) is 31.2 Å². The standard InChI is InChI=1S/C28H30N8O4/c1-17-11-24(36(33-17)9-6-10-37)22-16-34(2)27(32-22)26-20-15-30-35(3)23(20)13-21(31-26)28(38)29-14-18-7-8-19(39-4)12-25(18)40-5/h7-8,10-13,15-16H,6,9,14H2,1-5H3,(H,29,38). The molecule has 0 atom stereocenters. The van der Waals surface area contributed by atoms with Crippen LogP contribution in [-0.2, 0) is 32.0 Å². The fourth-order valence-electron chi connectivity index (χ4n) is 4.60. The van der Waals surface area contributed by atoms with Crippen molar-refractivity contribution in [1.82, 2.24) is 39.4 Å². The van der Waals surface area contributed by atoms with Crippen LogP contribution in [0.3, 0.4) is 0 Å². The summed E-state index contributed by atoms with van der Waals surface area (Å²) in [7, 11) is 6.84. The molecule has 1 aromatic carbocycles. The van der Waals surface area contributed by atoms with Crippen molar-refractivity contribution in [2.75, 3.05) is 14.2 Å². The van der Waals surface area contributed by atoms with Gasteiger partial charge in [-0.2, -0.15) is 10.2 Å². The van der Waals surface area contributed by atoms with Crippen molar-refractivity contribution in [3.05, 3.63) is 59.7 Å². The molecular weight excluding hydrogens is 512 g/mol. The lowest BCUT2D eigenvalue weighted by molar-refractivity contribution is -0.108. The normalized spacial score (nSPS) is 11.1. The maximum atomic E-state index is 13.3. The lowest BCUT2D eigenvalue weighted by Crippen LogP contribution is -2.24. The fraction of sp³-hybridized carbons (Fsp3) is 0.286. The number of rotatable bonds is 10. The third-order valence-electron chi connectivity index (χ3n) is 6.62. The number of carbonyl (C=O) groups excluding carboxylic acids is 2. The highest BCUT2D eigenvalue weighted by atomic mass is 16.5. The van der Waals surface area contributed by atoms with Crippen molar-refractivity contribution >= 4 is 23.1 Å². The number of fused-ring (bicyclic) bond motifs is 1. The number of ether oxygens (including phenoxy) is 2. The second-order valence-electron chi connectivity index (χ2n) is 9.33. The molecule has 0 fully saturated rings. The van der Waals surface area contributed by atoms with Gasteiger partial charge < -0.3 is 24.2 Å². The van der Waals surface area contributed by atoms with Crippen molar-refractivity contribution in [3.63, 3.8) is 0 Å². The molecule has 0 unspecified atom stereocenters. The molecule has 1 N–H and O–H groups in total. The maximum absolute atomic E-state index is 13.3. The molecule has 12 heteroatoms. The van der Waals surface area contributed by atoms with Crippen LogP contribution in [0.15, 0.2) is 42.7 Å². The van der Waals surface area contributed by atoms with Gasteiger partial charge in [-0.15, -0.1) is 0 Å². The van der Waals surface area contributed by atoms with Crippen LogP contribution < -0.4 is 14.8 Å². The van der Waals surface area contributed by atoms with Gasteiger partial charge in [0.15, 0.2) is 5.82 Å². The molecule has 0 aliphatic heterocycles. The minimum Gasteiger partial charge on any atom is -0.497 e. The van der Waals surface area contributed by atoms with E-state index >= 15 is 0 Å². The van der Waals surface area contributed by atoms with E-state index in [1.165, 1.54) is 0 Å². The summed E-state index contributed by atoms with van der Waals surface area (Å²) in [5.74, 6) is 1.49. The number of carbonyl (C=O) groups is 2. The van der Waals surface area contributed by atoms with Gasteiger partial charge >= 0.3 is 0 Å². The number of nitrogens with zero attached hydrogens (tertiary/aromatic N) is 7. The van der Waals surface area contributed by atoms with Crippen molar-refractivity contribution in [3.8, 4) is 34.4 Å². The average molecular weight is 543 g/mol. The van der Waals surface area contributed by atoms with Crippen LogP contribution in [0.4, 0.5) is 0 Å². The SMILES string of the molecule is COc1ccc(CNC(=O)c2cc3c(cnn3C)c(-c3nc(-c4cc(C)nn4CCC=O)cn3C)n2)c(OC)c1. The number of aryl methyl sites for hydroxylation is 4. The highest BCUT2D eigenvalue weighted by Crippen LogP contribution is 2.30. The number of aldehydes is 1.